The number of carbonyl (C=O) groups is 1. The molecule has 108 valence electrons. The van der Waals surface area contributed by atoms with Gasteiger partial charge in [-0.15, -0.1) is 0 Å². The highest BCUT2D eigenvalue weighted by Crippen LogP contribution is 2.29. The molecule has 2 aromatic carbocycles. The fourth-order valence-corrected chi connectivity index (χ4v) is 2.57. The zero-order valence-corrected chi connectivity index (χ0v) is 12.2. The number of benzene rings is 2. The van der Waals surface area contributed by atoms with E-state index in [0.717, 1.165) is 18.4 Å². The van der Waals surface area contributed by atoms with E-state index in [1.165, 1.54) is 0 Å². The number of ketones is 1. The van der Waals surface area contributed by atoms with E-state index in [-0.39, 0.29) is 12.4 Å². The van der Waals surface area contributed by atoms with Crippen molar-refractivity contribution in [3.8, 4) is 11.5 Å². The smallest absolute Gasteiger partial charge is 0.203 e. The first-order chi connectivity index (χ1) is 10.2. The summed E-state index contributed by atoms with van der Waals surface area (Å²) in [4.78, 5) is 12.3. The highest BCUT2D eigenvalue weighted by molar-refractivity contribution is 6.30. The molecule has 0 amide bonds. The number of ether oxygens (including phenoxy) is 2. The van der Waals surface area contributed by atoms with E-state index in [1.54, 1.807) is 30.3 Å². The second-order valence-electron chi connectivity index (χ2n) is 4.92. The summed E-state index contributed by atoms with van der Waals surface area (Å²) < 4.78 is 11.2. The molecule has 0 aliphatic carbocycles. The Bertz CT molecular complexity index is 667. The van der Waals surface area contributed by atoms with Crippen LogP contribution in [0.25, 0.3) is 0 Å². The van der Waals surface area contributed by atoms with Gasteiger partial charge in [0.25, 0.3) is 0 Å². The zero-order chi connectivity index (χ0) is 14.7. The third kappa shape index (κ3) is 3.19. The molecule has 0 atom stereocenters. The van der Waals surface area contributed by atoms with Crippen LogP contribution in [0.3, 0.4) is 0 Å². The zero-order valence-electron chi connectivity index (χ0n) is 11.5. The second kappa shape index (κ2) is 6.19. The molecule has 0 N–H and O–H groups in total. The molecule has 1 heterocycles. The van der Waals surface area contributed by atoms with Crippen LogP contribution in [0.15, 0.2) is 42.5 Å². The predicted octanol–water partition coefficient (Wildman–Crippen LogP) is 3.93. The highest BCUT2D eigenvalue weighted by Gasteiger charge is 2.19. The molecular formula is C17H15ClO3. The third-order valence-corrected chi connectivity index (χ3v) is 3.63. The van der Waals surface area contributed by atoms with E-state index in [0.29, 0.717) is 28.7 Å². The molecule has 0 aromatic heterocycles. The van der Waals surface area contributed by atoms with Gasteiger partial charge < -0.3 is 9.47 Å². The molecule has 3 nitrogen and oxygen atoms in total. The number of carbonyl (C=O) groups excluding carboxylic acids is 1. The van der Waals surface area contributed by atoms with Gasteiger partial charge in [0.05, 0.1) is 12.2 Å². The van der Waals surface area contributed by atoms with Crippen molar-refractivity contribution in [2.24, 2.45) is 0 Å². The number of para-hydroxylation sites is 1. The normalized spacial score (nSPS) is 13.2. The quantitative estimate of drug-likeness (QED) is 0.803. The Morgan fingerprint density at radius 1 is 1.24 bits per heavy atom. The van der Waals surface area contributed by atoms with Crippen LogP contribution in [0, 0.1) is 0 Å². The van der Waals surface area contributed by atoms with Gasteiger partial charge >= 0.3 is 0 Å². The van der Waals surface area contributed by atoms with Crippen molar-refractivity contribution in [2.45, 2.75) is 12.8 Å². The molecule has 0 radical (unpaired) electrons. The number of hydrogen-bond donors (Lipinski definition) is 0. The minimum Gasteiger partial charge on any atom is -0.493 e. The lowest BCUT2D eigenvalue weighted by Crippen LogP contribution is -2.17. The lowest BCUT2D eigenvalue weighted by Gasteiger charge is -2.19. The molecule has 2 aromatic rings. The van der Waals surface area contributed by atoms with Crippen LogP contribution in [0.1, 0.15) is 22.3 Å². The maximum atomic E-state index is 12.3. The van der Waals surface area contributed by atoms with E-state index in [9.17, 15) is 4.79 Å². The van der Waals surface area contributed by atoms with Crippen LogP contribution < -0.4 is 9.47 Å². The molecule has 0 saturated heterocycles. The van der Waals surface area contributed by atoms with Gasteiger partial charge in [-0.05, 0) is 42.7 Å². The minimum absolute atomic E-state index is 0.0276. The molecule has 0 spiro atoms. The monoisotopic (exact) mass is 302 g/mol. The molecule has 3 rings (SSSR count). The lowest BCUT2D eigenvalue weighted by atomic mass is 10.0. The maximum Gasteiger partial charge on any atom is 0.203 e. The molecule has 0 fully saturated rings. The Morgan fingerprint density at radius 3 is 2.95 bits per heavy atom. The van der Waals surface area contributed by atoms with Gasteiger partial charge in [0.15, 0.2) is 6.61 Å². The molecule has 1 aliphatic heterocycles. The van der Waals surface area contributed by atoms with E-state index >= 15 is 0 Å². The first kappa shape index (κ1) is 14.0. The molecule has 21 heavy (non-hydrogen) atoms. The number of hydrogen-bond acceptors (Lipinski definition) is 3. The molecular weight excluding hydrogens is 288 g/mol. The first-order valence-corrected chi connectivity index (χ1v) is 7.28. The van der Waals surface area contributed by atoms with Gasteiger partial charge in [0, 0.05) is 5.02 Å². The molecule has 0 bridgehead atoms. The summed E-state index contributed by atoms with van der Waals surface area (Å²) in [5, 5.41) is 0.584. The summed E-state index contributed by atoms with van der Waals surface area (Å²) in [5.74, 6) is 1.21. The number of rotatable bonds is 4. The van der Waals surface area contributed by atoms with Crippen molar-refractivity contribution in [2.75, 3.05) is 13.2 Å². The minimum atomic E-state index is -0.0891. The SMILES string of the molecule is O=C(COc1cccc(Cl)c1)c1cccc2c1OCCC2. The van der Waals surface area contributed by atoms with Crippen LogP contribution in [0.5, 0.6) is 11.5 Å². The fraction of sp³-hybridized carbons (Fsp3) is 0.235. The summed E-state index contributed by atoms with van der Waals surface area (Å²) in [6.45, 7) is 0.632. The van der Waals surface area contributed by atoms with Crippen LogP contribution in [-0.4, -0.2) is 19.0 Å². The van der Waals surface area contributed by atoms with Crippen molar-refractivity contribution in [3.05, 3.63) is 58.6 Å². The summed E-state index contributed by atoms with van der Waals surface area (Å²) in [7, 11) is 0. The highest BCUT2D eigenvalue weighted by atomic mass is 35.5. The van der Waals surface area contributed by atoms with Gasteiger partial charge in [0.1, 0.15) is 11.5 Å². The van der Waals surface area contributed by atoms with Gasteiger partial charge in [0.2, 0.25) is 5.78 Å². The average molecular weight is 303 g/mol. The molecule has 4 heteroatoms. The summed E-state index contributed by atoms with van der Waals surface area (Å²) >= 11 is 5.89. The Kier molecular flexibility index (Phi) is 4.11. The lowest BCUT2D eigenvalue weighted by molar-refractivity contribution is 0.0916. The topological polar surface area (TPSA) is 35.5 Å². The van der Waals surface area contributed by atoms with Crippen LogP contribution in [0.4, 0.5) is 0 Å². The second-order valence-corrected chi connectivity index (χ2v) is 5.35. The number of Topliss-reactive ketones (excluding diaryl/α,β-unsaturated/α-hetero) is 1. The van der Waals surface area contributed by atoms with Crippen molar-refractivity contribution < 1.29 is 14.3 Å². The van der Waals surface area contributed by atoms with Gasteiger partial charge in [-0.25, -0.2) is 0 Å². The first-order valence-electron chi connectivity index (χ1n) is 6.90. The van der Waals surface area contributed by atoms with E-state index in [2.05, 4.69) is 0 Å². The molecule has 0 saturated carbocycles. The Morgan fingerprint density at radius 2 is 2.10 bits per heavy atom. The Balaban J connectivity index is 1.74. The van der Waals surface area contributed by atoms with Crippen molar-refractivity contribution in [1.82, 2.24) is 0 Å². The number of fused-ring (bicyclic) bond motifs is 1. The standard InChI is InChI=1S/C17H15ClO3/c18-13-6-2-7-14(10-13)21-11-16(19)15-8-1-4-12-5-3-9-20-17(12)15/h1-2,4,6-8,10H,3,5,9,11H2. The number of halogens is 1. The Hall–Kier alpha value is -2.00. The largest absolute Gasteiger partial charge is 0.493 e. The summed E-state index contributed by atoms with van der Waals surface area (Å²) in [6.07, 6.45) is 1.94. The van der Waals surface area contributed by atoms with Crippen molar-refractivity contribution in [1.29, 1.82) is 0 Å². The fourth-order valence-electron chi connectivity index (χ4n) is 2.39. The van der Waals surface area contributed by atoms with E-state index in [4.69, 9.17) is 21.1 Å². The van der Waals surface area contributed by atoms with Crippen molar-refractivity contribution >= 4 is 17.4 Å². The Labute approximate surface area is 128 Å². The van der Waals surface area contributed by atoms with E-state index < -0.39 is 0 Å². The van der Waals surface area contributed by atoms with E-state index in [1.807, 2.05) is 12.1 Å². The summed E-state index contributed by atoms with van der Waals surface area (Å²) in [5.41, 5.74) is 1.68. The summed E-state index contributed by atoms with van der Waals surface area (Å²) in [6, 6.07) is 12.7. The van der Waals surface area contributed by atoms with Gasteiger partial charge in [-0.2, -0.15) is 0 Å². The predicted molar refractivity (Wildman–Crippen MR) is 81.5 cm³/mol. The van der Waals surface area contributed by atoms with Gasteiger partial charge in [-0.3, -0.25) is 4.79 Å². The van der Waals surface area contributed by atoms with Crippen molar-refractivity contribution in [3.63, 3.8) is 0 Å². The van der Waals surface area contributed by atoms with Gasteiger partial charge in [-0.1, -0.05) is 29.8 Å². The molecule has 1 aliphatic rings. The molecule has 0 unspecified atom stereocenters. The van der Waals surface area contributed by atoms with Crippen LogP contribution in [-0.2, 0) is 6.42 Å². The number of aryl methyl sites for hydroxylation is 1. The third-order valence-electron chi connectivity index (χ3n) is 3.40. The maximum absolute atomic E-state index is 12.3. The van der Waals surface area contributed by atoms with Crippen LogP contribution in [0.2, 0.25) is 5.02 Å². The average Bonchev–Trinajstić information content (AvgIpc) is 2.52. The van der Waals surface area contributed by atoms with Crippen LogP contribution >= 0.6 is 11.6 Å².